The van der Waals surface area contributed by atoms with E-state index in [4.69, 9.17) is 16.6 Å². The van der Waals surface area contributed by atoms with Crippen molar-refractivity contribution in [1.29, 1.82) is 0 Å². The van der Waals surface area contributed by atoms with Gasteiger partial charge in [0.05, 0.1) is 20.1 Å². The molecule has 1 aliphatic heterocycles. The fourth-order valence-electron chi connectivity index (χ4n) is 3.16. The van der Waals surface area contributed by atoms with Gasteiger partial charge in [0, 0.05) is 24.0 Å². The number of para-hydroxylation sites is 1. The van der Waals surface area contributed by atoms with Gasteiger partial charge < -0.3 is 0 Å². The zero-order valence-corrected chi connectivity index (χ0v) is 15.8. The molecule has 0 bridgehead atoms. The van der Waals surface area contributed by atoms with Gasteiger partial charge in [0.1, 0.15) is 0 Å². The second-order valence-corrected chi connectivity index (χ2v) is 9.59. The Balaban J connectivity index is 1.50. The average Bonchev–Trinajstić information content (AvgIpc) is 3.06. The smallest absolute Gasteiger partial charge is 0.241 e. The van der Waals surface area contributed by atoms with Crippen LogP contribution in [-0.2, 0) is 10.0 Å². The second kappa shape index (κ2) is 6.68. The van der Waals surface area contributed by atoms with Crippen LogP contribution in [0.2, 0.25) is 5.02 Å². The predicted octanol–water partition coefficient (Wildman–Crippen LogP) is 4.52. The number of fused-ring (bicyclic) bond motifs is 1. The van der Waals surface area contributed by atoms with Crippen molar-refractivity contribution in [3.8, 4) is 0 Å². The van der Waals surface area contributed by atoms with Crippen LogP contribution in [0.1, 0.15) is 23.8 Å². The van der Waals surface area contributed by atoms with Crippen LogP contribution in [0.3, 0.4) is 0 Å². The third kappa shape index (κ3) is 3.31. The van der Waals surface area contributed by atoms with Gasteiger partial charge in [0.15, 0.2) is 0 Å². The highest BCUT2D eigenvalue weighted by molar-refractivity contribution is 7.89. The Bertz CT molecular complexity index is 958. The van der Waals surface area contributed by atoms with Crippen LogP contribution in [0.15, 0.2) is 53.4 Å². The first-order valence-corrected chi connectivity index (χ1v) is 10.8. The van der Waals surface area contributed by atoms with E-state index in [9.17, 15) is 8.42 Å². The van der Waals surface area contributed by atoms with E-state index in [0.29, 0.717) is 28.9 Å². The Labute approximate surface area is 156 Å². The second-order valence-electron chi connectivity index (χ2n) is 6.15. The maximum atomic E-state index is 12.8. The Morgan fingerprint density at radius 1 is 1.04 bits per heavy atom. The maximum absolute atomic E-state index is 12.8. The van der Waals surface area contributed by atoms with Crippen molar-refractivity contribution in [1.82, 2.24) is 9.29 Å². The molecule has 1 aliphatic rings. The molecule has 2 aromatic carbocycles. The van der Waals surface area contributed by atoms with E-state index in [-0.39, 0.29) is 0 Å². The van der Waals surface area contributed by atoms with Gasteiger partial charge in [-0.05, 0) is 49.2 Å². The van der Waals surface area contributed by atoms with Gasteiger partial charge in [0.25, 0.3) is 0 Å². The van der Waals surface area contributed by atoms with Gasteiger partial charge in [-0.1, -0.05) is 23.7 Å². The molecule has 0 unspecified atom stereocenters. The topological polar surface area (TPSA) is 50.3 Å². The van der Waals surface area contributed by atoms with Gasteiger partial charge >= 0.3 is 0 Å². The highest BCUT2D eigenvalue weighted by atomic mass is 35.5. The van der Waals surface area contributed by atoms with Gasteiger partial charge in [-0.2, -0.15) is 4.31 Å². The number of nitrogens with zero attached hydrogens (tertiary/aromatic N) is 2. The number of halogens is 1. The number of sulfonamides is 1. The third-order valence-electron chi connectivity index (χ3n) is 4.57. The summed E-state index contributed by atoms with van der Waals surface area (Å²) in [5.41, 5.74) is 1.03. The lowest BCUT2D eigenvalue weighted by molar-refractivity contribution is 0.319. The zero-order chi connectivity index (χ0) is 17.4. The molecule has 1 saturated heterocycles. The minimum atomic E-state index is -3.45. The molecule has 25 heavy (non-hydrogen) atoms. The Morgan fingerprint density at radius 3 is 2.40 bits per heavy atom. The molecule has 1 fully saturated rings. The third-order valence-corrected chi connectivity index (χ3v) is 7.93. The lowest BCUT2D eigenvalue weighted by atomic mass is 9.99. The van der Waals surface area contributed by atoms with Crippen molar-refractivity contribution in [3.63, 3.8) is 0 Å². The lowest BCUT2D eigenvalue weighted by Crippen LogP contribution is -2.37. The molecular formula is C18H17ClN2O2S2. The number of benzene rings is 2. The van der Waals surface area contributed by atoms with E-state index in [1.165, 1.54) is 4.70 Å². The number of piperidine rings is 1. The summed E-state index contributed by atoms with van der Waals surface area (Å²) in [6, 6.07) is 14.5. The number of thiazole rings is 1. The van der Waals surface area contributed by atoms with Crippen molar-refractivity contribution in [2.45, 2.75) is 23.7 Å². The molecule has 7 heteroatoms. The van der Waals surface area contributed by atoms with Crippen LogP contribution in [0, 0.1) is 0 Å². The first-order chi connectivity index (χ1) is 12.0. The van der Waals surface area contributed by atoms with Crippen molar-refractivity contribution in [2.75, 3.05) is 13.1 Å². The molecule has 0 amide bonds. The van der Waals surface area contributed by atoms with E-state index in [0.717, 1.165) is 23.4 Å². The molecule has 0 aliphatic carbocycles. The molecule has 0 radical (unpaired) electrons. The van der Waals surface area contributed by atoms with Crippen molar-refractivity contribution in [2.24, 2.45) is 0 Å². The van der Waals surface area contributed by atoms with Crippen LogP contribution in [0.25, 0.3) is 10.2 Å². The number of hydrogen-bond donors (Lipinski definition) is 0. The molecule has 4 rings (SSSR count). The average molecular weight is 393 g/mol. The SMILES string of the molecule is O=S(=O)(c1ccc(Cl)cc1)N1CCC(c2nc3ccccc3s2)CC1. The summed E-state index contributed by atoms with van der Waals surface area (Å²) in [5, 5.41) is 1.65. The molecular weight excluding hydrogens is 376 g/mol. The van der Waals surface area contributed by atoms with E-state index < -0.39 is 10.0 Å². The van der Waals surface area contributed by atoms with E-state index in [1.54, 1.807) is 39.9 Å². The first kappa shape index (κ1) is 17.0. The van der Waals surface area contributed by atoms with Crippen molar-refractivity contribution in [3.05, 3.63) is 58.6 Å². The van der Waals surface area contributed by atoms with Crippen molar-refractivity contribution < 1.29 is 8.42 Å². The van der Waals surface area contributed by atoms with Gasteiger partial charge in [-0.25, -0.2) is 13.4 Å². The van der Waals surface area contributed by atoms with Crippen LogP contribution in [-0.4, -0.2) is 30.8 Å². The Kier molecular flexibility index (Phi) is 4.54. The van der Waals surface area contributed by atoms with E-state index in [2.05, 4.69) is 6.07 Å². The number of rotatable bonds is 3. The Morgan fingerprint density at radius 2 is 1.72 bits per heavy atom. The van der Waals surface area contributed by atoms with Crippen LogP contribution >= 0.6 is 22.9 Å². The molecule has 2 heterocycles. The summed E-state index contributed by atoms with van der Waals surface area (Å²) in [4.78, 5) is 5.03. The zero-order valence-electron chi connectivity index (χ0n) is 13.4. The molecule has 0 saturated carbocycles. The standard InChI is InChI=1S/C18H17ClN2O2S2/c19-14-5-7-15(8-6-14)25(22,23)21-11-9-13(10-12-21)18-20-16-3-1-2-4-17(16)24-18/h1-8,13H,9-12H2. The van der Waals surface area contributed by atoms with Crippen LogP contribution < -0.4 is 0 Å². The molecule has 0 spiro atoms. The minimum Gasteiger partial charge on any atom is -0.241 e. The molecule has 0 N–H and O–H groups in total. The molecule has 3 aromatic rings. The van der Waals surface area contributed by atoms with Gasteiger partial charge in [-0.15, -0.1) is 11.3 Å². The molecule has 130 valence electrons. The van der Waals surface area contributed by atoms with Crippen LogP contribution in [0.4, 0.5) is 0 Å². The summed E-state index contributed by atoms with van der Waals surface area (Å²) in [7, 11) is -3.45. The van der Waals surface area contributed by atoms with E-state index in [1.807, 2.05) is 18.2 Å². The summed E-state index contributed by atoms with van der Waals surface area (Å²) >= 11 is 7.57. The van der Waals surface area contributed by atoms with Crippen molar-refractivity contribution >= 4 is 43.2 Å². The predicted molar refractivity (Wildman–Crippen MR) is 102 cm³/mol. The summed E-state index contributed by atoms with van der Waals surface area (Å²) in [6.45, 7) is 1.04. The van der Waals surface area contributed by atoms with E-state index >= 15 is 0 Å². The molecule has 0 atom stereocenters. The Hall–Kier alpha value is -1.47. The summed E-state index contributed by atoms with van der Waals surface area (Å²) in [5.74, 6) is 0.328. The quantitative estimate of drug-likeness (QED) is 0.658. The summed E-state index contributed by atoms with van der Waals surface area (Å²) < 4.78 is 28.3. The van der Waals surface area contributed by atoms with Gasteiger partial charge in [-0.3, -0.25) is 0 Å². The lowest BCUT2D eigenvalue weighted by Gasteiger charge is -2.30. The molecule has 4 nitrogen and oxygen atoms in total. The number of hydrogen-bond acceptors (Lipinski definition) is 4. The maximum Gasteiger partial charge on any atom is 0.243 e. The highest BCUT2D eigenvalue weighted by Gasteiger charge is 2.31. The summed E-state index contributed by atoms with van der Waals surface area (Å²) in [6.07, 6.45) is 1.60. The molecule has 1 aromatic heterocycles. The minimum absolute atomic E-state index is 0.301. The fraction of sp³-hybridized carbons (Fsp3) is 0.278. The monoisotopic (exact) mass is 392 g/mol. The highest BCUT2D eigenvalue weighted by Crippen LogP contribution is 2.35. The largest absolute Gasteiger partial charge is 0.243 e. The first-order valence-electron chi connectivity index (χ1n) is 8.15. The van der Waals surface area contributed by atoms with Crippen LogP contribution in [0.5, 0.6) is 0 Å². The van der Waals surface area contributed by atoms with Gasteiger partial charge in [0.2, 0.25) is 10.0 Å². The fourth-order valence-corrected chi connectivity index (χ4v) is 5.90. The normalized spacial score (nSPS) is 17.2. The number of aromatic nitrogens is 1.